The maximum absolute atomic E-state index is 9.56. The zero-order chi connectivity index (χ0) is 12.4. The normalized spacial score (nSPS) is 24.4. The third-order valence-electron chi connectivity index (χ3n) is 3.24. The summed E-state index contributed by atoms with van der Waals surface area (Å²) in [5.74, 6) is 0. The van der Waals surface area contributed by atoms with E-state index in [9.17, 15) is 10.2 Å². The van der Waals surface area contributed by atoms with Crippen molar-refractivity contribution in [2.24, 2.45) is 0 Å². The van der Waals surface area contributed by atoms with Crippen molar-refractivity contribution in [3.05, 3.63) is 29.3 Å². The van der Waals surface area contributed by atoms with Gasteiger partial charge in [-0.05, 0) is 31.2 Å². The van der Waals surface area contributed by atoms with Crippen LogP contribution in [0.25, 0.3) is 0 Å². The third kappa shape index (κ3) is 2.60. The van der Waals surface area contributed by atoms with Crippen LogP contribution in [0.15, 0.2) is 18.2 Å². The van der Waals surface area contributed by atoms with Gasteiger partial charge in [0, 0.05) is 25.3 Å². The van der Waals surface area contributed by atoms with E-state index in [1.165, 1.54) is 11.1 Å². The zero-order valence-electron chi connectivity index (χ0n) is 10.3. The zero-order valence-corrected chi connectivity index (χ0v) is 10.3. The molecular formula is C13H20N2O2. The Bertz CT molecular complexity index is 385. The summed E-state index contributed by atoms with van der Waals surface area (Å²) in [5, 5.41) is 22.2. The summed E-state index contributed by atoms with van der Waals surface area (Å²) in [7, 11) is 1.93. The molecule has 94 valence electrons. The fourth-order valence-corrected chi connectivity index (χ4v) is 2.35. The Morgan fingerprint density at radius 1 is 1.29 bits per heavy atom. The number of anilines is 1. The van der Waals surface area contributed by atoms with Crippen LogP contribution >= 0.6 is 0 Å². The number of nitrogens with one attached hydrogen (secondary N) is 1. The number of aliphatic hydroxyl groups excluding tert-OH is 2. The van der Waals surface area contributed by atoms with Gasteiger partial charge in [0.2, 0.25) is 0 Å². The van der Waals surface area contributed by atoms with Crippen LogP contribution in [-0.4, -0.2) is 42.6 Å². The van der Waals surface area contributed by atoms with Crippen molar-refractivity contribution in [1.82, 2.24) is 5.32 Å². The summed E-state index contributed by atoms with van der Waals surface area (Å²) in [5.41, 5.74) is 3.52. The van der Waals surface area contributed by atoms with Crippen molar-refractivity contribution in [1.29, 1.82) is 0 Å². The maximum Gasteiger partial charge on any atom is 0.0990 e. The second-order valence-electron chi connectivity index (χ2n) is 4.69. The summed E-state index contributed by atoms with van der Waals surface area (Å²) in [6.45, 7) is 3.93. The Balaban J connectivity index is 2.17. The summed E-state index contributed by atoms with van der Waals surface area (Å²) >= 11 is 0. The van der Waals surface area contributed by atoms with Crippen molar-refractivity contribution in [2.75, 3.05) is 25.0 Å². The molecule has 0 radical (unpaired) electrons. The van der Waals surface area contributed by atoms with E-state index in [0.29, 0.717) is 13.1 Å². The van der Waals surface area contributed by atoms with Crippen LogP contribution in [0.4, 0.5) is 5.69 Å². The van der Waals surface area contributed by atoms with Gasteiger partial charge in [-0.2, -0.15) is 0 Å². The molecule has 0 aromatic heterocycles. The van der Waals surface area contributed by atoms with Gasteiger partial charge < -0.3 is 20.4 Å². The molecule has 1 heterocycles. The highest BCUT2D eigenvalue weighted by Gasteiger charge is 2.30. The molecule has 1 aromatic rings. The molecule has 2 atom stereocenters. The molecule has 3 N–H and O–H groups in total. The highest BCUT2D eigenvalue weighted by molar-refractivity contribution is 5.55. The van der Waals surface area contributed by atoms with Gasteiger partial charge >= 0.3 is 0 Å². The molecule has 0 bridgehead atoms. The van der Waals surface area contributed by atoms with Gasteiger partial charge in [0.15, 0.2) is 0 Å². The predicted octanol–water partition coefficient (Wildman–Crippen LogP) is 0.256. The molecular weight excluding hydrogens is 216 g/mol. The second-order valence-corrected chi connectivity index (χ2v) is 4.69. The van der Waals surface area contributed by atoms with Crippen LogP contribution in [0.5, 0.6) is 0 Å². The molecule has 1 fully saturated rings. The van der Waals surface area contributed by atoms with Crippen LogP contribution in [-0.2, 0) is 6.54 Å². The van der Waals surface area contributed by atoms with Crippen LogP contribution < -0.4 is 10.2 Å². The molecule has 4 nitrogen and oxygen atoms in total. The molecule has 0 spiro atoms. The van der Waals surface area contributed by atoms with Crippen LogP contribution in [0.2, 0.25) is 0 Å². The van der Waals surface area contributed by atoms with Gasteiger partial charge in [-0.3, -0.25) is 0 Å². The molecule has 2 unspecified atom stereocenters. The van der Waals surface area contributed by atoms with Crippen LogP contribution in [0, 0.1) is 6.92 Å². The van der Waals surface area contributed by atoms with E-state index >= 15 is 0 Å². The Morgan fingerprint density at radius 3 is 2.47 bits per heavy atom. The van der Waals surface area contributed by atoms with Crippen molar-refractivity contribution in [2.45, 2.75) is 25.7 Å². The second kappa shape index (κ2) is 5.04. The first-order valence-electron chi connectivity index (χ1n) is 5.97. The molecule has 1 saturated heterocycles. The van der Waals surface area contributed by atoms with Crippen molar-refractivity contribution in [3.63, 3.8) is 0 Å². The fourth-order valence-electron chi connectivity index (χ4n) is 2.35. The van der Waals surface area contributed by atoms with E-state index in [1.807, 2.05) is 11.9 Å². The van der Waals surface area contributed by atoms with Crippen LogP contribution in [0.1, 0.15) is 11.1 Å². The van der Waals surface area contributed by atoms with E-state index in [-0.39, 0.29) is 0 Å². The smallest absolute Gasteiger partial charge is 0.0990 e. The predicted molar refractivity (Wildman–Crippen MR) is 68.2 cm³/mol. The minimum atomic E-state index is -0.633. The van der Waals surface area contributed by atoms with E-state index in [1.54, 1.807) is 0 Å². The van der Waals surface area contributed by atoms with E-state index < -0.39 is 12.2 Å². The lowest BCUT2D eigenvalue weighted by Gasteiger charge is -2.20. The number of β-amino-alcohol motifs (C(OH)–C–C–N with tert-alkyl or cyclic N) is 2. The third-order valence-corrected chi connectivity index (χ3v) is 3.24. The largest absolute Gasteiger partial charge is 0.389 e. The van der Waals surface area contributed by atoms with Gasteiger partial charge in [0.1, 0.15) is 0 Å². The Labute approximate surface area is 102 Å². The molecule has 1 aliphatic rings. The highest BCUT2D eigenvalue weighted by atomic mass is 16.3. The van der Waals surface area contributed by atoms with Gasteiger partial charge in [-0.15, -0.1) is 0 Å². The Morgan fingerprint density at radius 2 is 1.94 bits per heavy atom. The van der Waals surface area contributed by atoms with E-state index in [4.69, 9.17) is 0 Å². The standard InChI is InChI=1S/C13H20N2O2/c1-9-5-10(6-14-2)3-4-11(9)15-7-12(16)13(17)8-15/h3-5,12-14,16-17H,6-8H2,1-2H3. The van der Waals surface area contributed by atoms with E-state index in [0.717, 1.165) is 12.2 Å². The van der Waals surface area contributed by atoms with Crippen molar-refractivity contribution >= 4 is 5.69 Å². The Kier molecular flexibility index (Phi) is 3.66. The molecule has 0 amide bonds. The summed E-state index contributed by atoms with van der Waals surface area (Å²) in [4.78, 5) is 2.04. The molecule has 4 heteroatoms. The number of aryl methyl sites for hydroxylation is 1. The minimum absolute atomic E-state index is 0.507. The average Bonchev–Trinajstić information content (AvgIpc) is 2.59. The first-order valence-corrected chi connectivity index (χ1v) is 5.97. The molecule has 1 aliphatic heterocycles. The summed E-state index contributed by atoms with van der Waals surface area (Å²) in [6.07, 6.45) is -1.27. The SMILES string of the molecule is CNCc1ccc(N2CC(O)C(O)C2)c(C)c1. The maximum atomic E-state index is 9.56. The summed E-state index contributed by atoms with van der Waals surface area (Å²) in [6, 6.07) is 6.28. The van der Waals surface area contributed by atoms with Crippen molar-refractivity contribution in [3.8, 4) is 0 Å². The summed E-state index contributed by atoms with van der Waals surface area (Å²) < 4.78 is 0. The van der Waals surface area contributed by atoms with Gasteiger partial charge in [0.25, 0.3) is 0 Å². The lowest BCUT2D eigenvalue weighted by molar-refractivity contribution is 0.0572. The molecule has 2 rings (SSSR count). The number of aliphatic hydroxyl groups is 2. The number of hydrogen-bond acceptors (Lipinski definition) is 4. The van der Waals surface area contributed by atoms with Gasteiger partial charge in [-0.25, -0.2) is 0 Å². The highest BCUT2D eigenvalue weighted by Crippen LogP contribution is 2.25. The van der Waals surface area contributed by atoms with Crippen molar-refractivity contribution < 1.29 is 10.2 Å². The minimum Gasteiger partial charge on any atom is -0.389 e. The molecule has 0 saturated carbocycles. The molecule has 1 aromatic carbocycles. The Hall–Kier alpha value is -1.10. The number of rotatable bonds is 3. The number of hydrogen-bond donors (Lipinski definition) is 3. The van der Waals surface area contributed by atoms with Gasteiger partial charge in [0.05, 0.1) is 12.2 Å². The first-order chi connectivity index (χ1) is 8.11. The number of nitrogens with zero attached hydrogens (tertiary/aromatic N) is 1. The van der Waals surface area contributed by atoms with Crippen LogP contribution in [0.3, 0.4) is 0 Å². The van der Waals surface area contributed by atoms with E-state index in [2.05, 4.69) is 30.4 Å². The molecule has 0 aliphatic carbocycles. The topological polar surface area (TPSA) is 55.7 Å². The van der Waals surface area contributed by atoms with Gasteiger partial charge in [-0.1, -0.05) is 12.1 Å². The first kappa shape index (κ1) is 12.4. The number of benzene rings is 1. The monoisotopic (exact) mass is 236 g/mol. The molecule has 17 heavy (non-hydrogen) atoms. The average molecular weight is 236 g/mol. The quantitative estimate of drug-likeness (QED) is 0.704. The lowest BCUT2D eigenvalue weighted by atomic mass is 10.1. The lowest BCUT2D eigenvalue weighted by Crippen LogP contribution is -2.22. The fraction of sp³-hybridized carbons (Fsp3) is 0.538.